The molecule has 0 spiro atoms. The monoisotopic (exact) mass is 545 g/mol. The number of hydrogen-bond donors (Lipinski definition) is 0. The van der Waals surface area contributed by atoms with Crippen LogP contribution in [0.3, 0.4) is 0 Å². The minimum Gasteiger partial charge on any atom is -0.360 e. The van der Waals surface area contributed by atoms with Gasteiger partial charge in [0.1, 0.15) is 18.7 Å². The molecule has 0 fully saturated rings. The Kier molecular flexibility index (Phi) is 25.0. The van der Waals surface area contributed by atoms with E-state index in [0.717, 1.165) is 39.3 Å². The molecule has 0 bridgehead atoms. The predicted molar refractivity (Wildman–Crippen MR) is 163 cm³/mol. The molecular weight excluding hydrogens is 478 g/mol. The maximum Gasteiger partial charge on any atom is 0.487 e. The number of nitrogens with zero attached hydrogens (tertiary/aromatic N) is 3. The summed E-state index contributed by atoms with van der Waals surface area (Å²) in [5, 5.41) is 0. The molecule has 3 unspecified atom stereocenters. The van der Waals surface area contributed by atoms with Crippen LogP contribution in [0.2, 0.25) is 0 Å². The molecule has 0 aliphatic carbocycles. The van der Waals surface area contributed by atoms with Crippen molar-refractivity contribution in [3.8, 4) is 0 Å². The van der Waals surface area contributed by atoms with Crippen molar-refractivity contribution >= 4 is 9.53 Å². The Morgan fingerprint density at radius 3 is 0.757 bits per heavy atom. The summed E-state index contributed by atoms with van der Waals surface area (Å²) in [7, 11) is -2.40. The van der Waals surface area contributed by atoms with Crippen LogP contribution in [0.15, 0.2) is 0 Å². The second-order valence-corrected chi connectivity index (χ2v) is 12.1. The van der Waals surface area contributed by atoms with Gasteiger partial charge in [0, 0.05) is 39.3 Å². The van der Waals surface area contributed by atoms with Gasteiger partial charge in [0.2, 0.25) is 0 Å². The van der Waals surface area contributed by atoms with E-state index in [1.807, 2.05) is 0 Å². The fraction of sp³-hybridized carbons (Fsp3) is 1.00. The summed E-state index contributed by atoms with van der Waals surface area (Å²) >= 11 is 0. The second-order valence-electron chi connectivity index (χ2n) is 10.7. The fourth-order valence-electron chi connectivity index (χ4n) is 4.43. The van der Waals surface area contributed by atoms with Gasteiger partial charge in [-0.3, -0.25) is 14.7 Å². The zero-order chi connectivity index (χ0) is 27.9. The Hall–Kier alpha value is -0.0231. The largest absolute Gasteiger partial charge is 0.487 e. The Balaban J connectivity index is 5.63. The molecule has 0 amide bonds. The van der Waals surface area contributed by atoms with Crippen molar-refractivity contribution in [2.24, 2.45) is 0 Å². The first kappa shape index (κ1) is 37.0. The van der Waals surface area contributed by atoms with Gasteiger partial charge in [0.25, 0.3) is 0 Å². The van der Waals surface area contributed by atoms with E-state index in [9.17, 15) is 0 Å². The Morgan fingerprint density at radius 2 is 0.595 bits per heavy atom. The van der Waals surface area contributed by atoms with Gasteiger partial charge < -0.3 is 13.3 Å². The van der Waals surface area contributed by atoms with Gasteiger partial charge in [0.15, 0.2) is 0 Å². The first-order valence-corrected chi connectivity index (χ1v) is 17.5. The van der Waals surface area contributed by atoms with Crippen LogP contribution in [0.1, 0.15) is 139 Å². The van der Waals surface area contributed by atoms with Crippen LogP contribution in [-0.4, -0.2) is 82.2 Å². The normalized spacial score (nSPS) is 15.6. The van der Waals surface area contributed by atoms with Crippen LogP contribution in [0, 0.1) is 0 Å². The summed E-state index contributed by atoms with van der Waals surface area (Å²) in [6.07, 6.45) is 14.4. The van der Waals surface area contributed by atoms with E-state index < -0.39 is 9.53 Å². The molecule has 0 saturated carbocycles. The Labute approximate surface area is 234 Å². The molecule has 0 aromatic heterocycles. The zero-order valence-electron chi connectivity index (χ0n) is 26.6. The van der Waals surface area contributed by atoms with Gasteiger partial charge in [-0.15, -0.1) is 0 Å². The van der Waals surface area contributed by atoms with Crippen molar-refractivity contribution in [2.45, 2.75) is 158 Å². The summed E-state index contributed by atoms with van der Waals surface area (Å²) in [6, 6.07) is 0. The maximum absolute atomic E-state index is 6.73. The van der Waals surface area contributed by atoms with Gasteiger partial charge >= 0.3 is 9.53 Å². The molecular formula is C30H67N3O3Si. The van der Waals surface area contributed by atoms with Gasteiger partial charge in [-0.2, -0.15) is 0 Å². The Bertz CT molecular complexity index is 398. The highest BCUT2D eigenvalue weighted by Crippen LogP contribution is 2.16. The highest BCUT2D eigenvalue weighted by molar-refractivity contribution is 6.36. The summed E-state index contributed by atoms with van der Waals surface area (Å²) in [5.41, 5.74) is 0. The van der Waals surface area contributed by atoms with Crippen molar-refractivity contribution in [1.29, 1.82) is 0 Å². The Morgan fingerprint density at radius 1 is 0.405 bits per heavy atom. The quantitative estimate of drug-likeness (QED) is 0.0786. The highest BCUT2D eigenvalue weighted by atomic mass is 28.3. The van der Waals surface area contributed by atoms with Crippen molar-refractivity contribution < 1.29 is 13.3 Å². The molecule has 0 aliphatic rings. The van der Waals surface area contributed by atoms with E-state index in [-0.39, 0.29) is 18.7 Å². The van der Waals surface area contributed by atoms with E-state index in [4.69, 9.17) is 13.3 Å². The van der Waals surface area contributed by atoms with Crippen LogP contribution in [0.5, 0.6) is 0 Å². The van der Waals surface area contributed by atoms with Crippen molar-refractivity contribution in [1.82, 2.24) is 14.7 Å². The third kappa shape index (κ3) is 18.0. The van der Waals surface area contributed by atoms with Crippen molar-refractivity contribution in [3.63, 3.8) is 0 Å². The molecule has 0 rings (SSSR count). The van der Waals surface area contributed by atoms with Crippen LogP contribution in [0.25, 0.3) is 0 Å². The van der Waals surface area contributed by atoms with Gasteiger partial charge in [-0.25, -0.2) is 0 Å². The minimum absolute atomic E-state index is 0.00799. The summed E-state index contributed by atoms with van der Waals surface area (Å²) in [5.74, 6) is 0. The number of hydrogen-bond acceptors (Lipinski definition) is 6. The average Bonchev–Trinajstić information content (AvgIpc) is 2.88. The van der Waals surface area contributed by atoms with E-state index in [1.54, 1.807) is 0 Å². The summed E-state index contributed by atoms with van der Waals surface area (Å²) < 4.78 is 20.2. The molecule has 0 aromatic carbocycles. The molecule has 7 heteroatoms. The maximum atomic E-state index is 6.73. The third-order valence-corrected chi connectivity index (χ3v) is 9.11. The lowest BCUT2D eigenvalue weighted by atomic mass is 10.2. The van der Waals surface area contributed by atoms with E-state index in [1.165, 1.54) is 77.0 Å². The zero-order valence-corrected chi connectivity index (χ0v) is 27.8. The van der Waals surface area contributed by atoms with Gasteiger partial charge in [-0.1, -0.05) is 80.1 Å². The molecule has 37 heavy (non-hydrogen) atoms. The topological polar surface area (TPSA) is 37.4 Å². The van der Waals surface area contributed by atoms with Crippen LogP contribution < -0.4 is 0 Å². The molecule has 224 valence electrons. The molecule has 0 N–H and O–H groups in total. The van der Waals surface area contributed by atoms with Crippen LogP contribution >= 0.6 is 0 Å². The third-order valence-electron chi connectivity index (χ3n) is 7.26. The average molecular weight is 546 g/mol. The van der Waals surface area contributed by atoms with Crippen molar-refractivity contribution in [3.05, 3.63) is 0 Å². The molecule has 0 aromatic rings. The fourth-order valence-corrected chi connectivity index (χ4v) is 6.10. The first-order chi connectivity index (χ1) is 17.9. The molecule has 0 aliphatic heterocycles. The lowest BCUT2D eigenvalue weighted by Gasteiger charge is -2.37. The lowest BCUT2D eigenvalue weighted by molar-refractivity contribution is -0.0875. The van der Waals surface area contributed by atoms with Crippen molar-refractivity contribution in [2.75, 3.05) is 39.3 Å². The molecule has 6 nitrogen and oxygen atoms in total. The van der Waals surface area contributed by atoms with Crippen LogP contribution in [-0.2, 0) is 13.3 Å². The molecule has 3 atom stereocenters. The van der Waals surface area contributed by atoms with Gasteiger partial charge in [-0.05, 0) is 59.3 Å². The second kappa shape index (κ2) is 25.0. The lowest BCUT2D eigenvalue weighted by Crippen LogP contribution is -2.49. The standard InChI is InChI=1S/C30H67N3O3Si/c1-10-16-22-31(23-17-11-2)28(7)34-37(35-29(8)32(24-18-12-3)25-19-13-4)36-30(9)33(26-20-14-5)27-21-15-6/h28-30,37H,10-27H2,1-9H3. The first-order valence-electron chi connectivity index (χ1n) is 16.1. The van der Waals surface area contributed by atoms with E-state index in [2.05, 4.69) is 77.0 Å². The molecule has 0 radical (unpaired) electrons. The van der Waals surface area contributed by atoms with Crippen LogP contribution in [0.4, 0.5) is 0 Å². The highest BCUT2D eigenvalue weighted by Gasteiger charge is 2.30. The SMILES string of the molecule is CCCCN(CCCC)C(C)O[SiH](OC(C)N(CCCC)CCCC)OC(C)N(CCCC)CCCC. The summed E-state index contributed by atoms with van der Waals surface area (Å²) in [6.45, 7) is 26.6. The summed E-state index contributed by atoms with van der Waals surface area (Å²) in [4.78, 5) is 7.48. The predicted octanol–water partition coefficient (Wildman–Crippen LogP) is 7.50. The smallest absolute Gasteiger partial charge is 0.360 e. The molecule has 0 saturated heterocycles. The number of unbranched alkanes of at least 4 members (excludes halogenated alkanes) is 6. The van der Waals surface area contributed by atoms with E-state index >= 15 is 0 Å². The van der Waals surface area contributed by atoms with E-state index in [0.29, 0.717) is 0 Å². The molecule has 0 heterocycles. The number of rotatable bonds is 27. The minimum atomic E-state index is -2.40. The van der Waals surface area contributed by atoms with Gasteiger partial charge in [0.05, 0.1) is 0 Å².